The number of benzene rings is 1. The van der Waals surface area contributed by atoms with Gasteiger partial charge in [0.15, 0.2) is 0 Å². The average Bonchev–Trinajstić information content (AvgIpc) is 3.16. The summed E-state index contributed by atoms with van der Waals surface area (Å²) < 4.78 is 5.37. The quantitative estimate of drug-likeness (QED) is 0.937. The van der Waals surface area contributed by atoms with Gasteiger partial charge in [0.25, 0.3) is 5.91 Å². The first kappa shape index (κ1) is 14.8. The van der Waals surface area contributed by atoms with Crippen molar-refractivity contribution in [2.45, 2.75) is 12.1 Å². The minimum atomic E-state index is -0.507. The molecule has 2 heterocycles. The van der Waals surface area contributed by atoms with Gasteiger partial charge in [-0.2, -0.15) is 0 Å². The summed E-state index contributed by atoms with van der Waals surface area (Å²) >= 11 is 0. The maximum absolute atomic E-state index is 12.6. The Bertz CT molecular complexity index is 652. The molecule has 0 spiro atoms. The van der Waals surface area contributed by atoms with E-state index in [1.165, 1.54) is 0 Å². The van der Waals surface area contributed by atoms with Crippen LogP contribution in [0.15, 0.2) is 47.1 Å². The highest BCUT2D eigenvalue weighted by molar-refractivity contribution is 5.95. The van der Waals surface area contributed by atoms with Crippen LogP contribution in [0.3, 0.4) is 0 Å². The van der Waals surface area contributed by atoms with Crippen molar-refractivity contribution in [3.05, 3.63) is 48.2 Å². The second-order valence-corrected chi connectivity index (χ2v) is 5.87. The number of likely N-dealkylation sites (N-methyl/N-ethyl adjacent to an activating group) is 1. The number of amides is 1. The second kappa shape index (κ2) is 5.94. The van der Waals surface area contributed by atoms with E-state index in [1.54, 1.807) is 17.2 Å². The van der Waals surface area contributed by atoms with E-state index in [0.29, 0.717) is 18.7 Å². The molecular formula is C17H20N2O3. The number of carbonyl (C=O) groups is 1. The molecule has 1 aliphatic heterocycles. The normalized spacial score (nSPS) is 21.5. The molecule has 1 N–H and O–H groups in total. The Kier molecular flexibility index (Phi) is 4.00. The van der Waals surface area contributed by atoms with Gasteiger partial charge in [0.05, 0.1) is 18.4 Å². The van der Waals surface area contributed by atoms with Crippen molar-refractivity contribution in [3.63, 3.8) is 0 Å². The number of hydrogen-bond acceptors (Lipinski definition) is 4. The summed E-state index contributed by atoms with van der Waals surface area (Å²) in [6, 6.07) is 11.1. The predicted molar refractivity (Wildman–Crippen MR) is 83.5 cm³/mol. The molecule has 1 fully saturated rings. The van der Waals surface area contributed by atoms with Crippen molar-refractivity contribution >= 4 is 5.91 Å². The molecule has 1 aromatic heterocycles. The molecule has 2 atom stereocenters. The summed E-state index contributed by atoms with van der Waals surface area (Å²) in [6.07, 6.45) is 1.11. The number of hydrogen-bond donors (Lipinski definition) is 1. The molecule has 5 nitrogen and oxygen atoms in total. The molecule has 0 bridgehead atoms. The molecule has 3 rings (SSSR count). The van der Waals surface area contributed by atoms with Crippen LogP contribution in [0.4, 0.5) is 0 Å². The Morgan fingerprint density at radius 1 is 1.27 bits per heavy atom. The summed E-state index contributed by atoms with van der Waals surface area (Å²) in [5.74, 6) is 0.680. The SMILES string of the molecule is CN(C)[C@H]1CN(C(=O)c2cccc(-c3ccco3)c2)C[C@@H]1O. The van der Waals surface area contributed by atoms with Crippen molar-refractivity contribution in [2.24, 2.45) is 0 Å². The topological polar surface area (TPSA) is 56.9 Å². The molecule has 0 unspecified atom stereocenters. The van der Waals surface area contributed by atoms with Gasteiger partial charge in [0.2, 0.25) is 0 Å². The third-order valence-electron chi connectivity index (χ3n) is 4.12. The van der Waals surface area contributed by atoms with Gasteiger partial charge in [-0.05, 0) is 38.4 Å². The fraction of sp³-hybridized carbons (Fsp3) is 0.353. The van der Waals surface area contributed by atoms with Crippen LogP contribution in [0.1, 0.15) is 10.4 Å². The zero-order valence-corrected chi connectivity index (χ0v) is 12.8. The van der Waals surface area contributed by atoms with Crippen LogP contribution >= 0.6 is 0 Å². The molecule has 0 radical (unpaired) electrons. The Hall–Kier alpha value is -2.11. The second-order valence-electron chi connectivity index (χ2n) is 5.87. The van der Waals surface area contributed by atoms with E-state index in [1.807, 2.05) is 49.3 Å². The summed E-state index contributed by atoms with van der Waals surface area (Å²) in [5.41, 5.74) is 1.49. The number of nitrogens with zero attached hydrogens (tertiary/aromatic N) is 2. The van der Waals surface area contributed by atoms with Gasteiger partial charge in [-0.25, -0.2) is 0 Å². The van der Waals surface area contributed by atoms with Crippen molar-refractivity contribution in [1.82, 2.24) is 9.80 Å². The smallest absolute Gasteiger partial charge is 0.254 e. The molecule has 0 aliphatic carbocycles. The standard InChI is InChI=1S/C17H20N2O3/c1-18(2)14-10-19(11-15(14)20)17(21)13-6-3-5-12(9-13)16-7-4-8-22-16/h3-9,14-15,20H,10-11H2,1-2H3/t14-,15-/m0/s1. The molecule has 1 saturated heterocycles. The first-order valence-electron chi connectivity index (χ1n) is 7.34. The Morgan fingerprint density at radius 2 is 2.09 bits per heavy atom. The molecule has 116 valence electrons. The van der Waals surface area contributed by atoms with Gasteiger partial charge in [-0.15, -0.1) is 0 Å². The summed E-state index contributed by atoms with van der Waals surface area (Å²) in [7, 11) is 3.83. The van der Waals surface area contributed by atoms with E-state index in [-0.39, 0.29) is 11.9 Å². The van der Waals surface area contributed by atoms with Crippen molar-refractivity contribution in [3.8, 4) is 11.3 Å². The Labute approximate surface area is 129 Å². The van der Waals surface area contributed by atoms with Crippen molar-refractivity contribution in [1.29, 1.82) is 0 Å². The van der Waals surface area contributed by atoms with Gasteiger partial charge in [0, 0.05) is 24.2 Å². The largest absolute Gasteiger partial charge is 0.464 e. The molecule has 22 heavy (non-hydrogen) atoms. The first-order chi connectivity index (χ1) is 10.6. The number of aliphatic hydroxyl groups is 1. The highest BCUT2D eigenvalue weighted by Gasteiger charge is 2.35. The maximum atomic E-state index is 12.6. The zero-order valence-electron chi connectivity index (χ0n) is 12.8. The molecule has 1 aliphatic rings. The lowest BCUT2D eigenvalue weighted by atomic mass is 10.1. The highest BCUT2D eigenvalue weighted by Crippen LogP contribution is 2.23. The number of aliphatic hydroxyl groups excluding tert-OH is 1. The van der Waals surface area contributed by atoms with Gasteiger partial charge < -0.3 is 19.3 Å². The van der Waals surface area contributed by atoms with Crippen LogP contribution in [0.5, 0.6) is 0 Å². The third-order valence-corrected chi connectivity index (χ3v) is 4.12. The van der Waals surface area contributed by atoms with Crippen LogP contribution in [0.25, 0.3) is 11.3 Å². The minimum Gasteiger partial charge on any atom is -0.464 e. The van der Waals surface area contributed by atoms with Crippen molar-refractivity contribution < 1.29 is 14.3 Å². The van der Waals surface area contributed by atoms with E-state index in [0.717, 1.165) is 11.3 Å². The number of rotatable bonds is 3. The van der Waals surface area contributed by atoms with E-state index >= 15 is 0 Å². The van der Waals surface area contributed by atoms with Crippen LogP contribution in [0, 0.1) is 0 Å². The average molecular weight is 300 g/mol. The van der Waals surface area contributed by atoms with Gasteiger partial charge in [0.1, 0.15) is 5.76 Å². The van der Waals surface area contributed by atoms with Crippen LogP contribution in [-0.2, 0) is 0 Å². The zero-order chi connectivity index (χ0) is 15.7. The van der Waals surface area contributed by atoms with Gasteiger partial charge in [-0.3, -0.25) is 4.79 Å². The van der Waals surface area contributed by atoms with E-state index in [2.05, 4.69) is 0 Å². The third kappa shape index (κ3) is 2.77. The first-order valence-corrected chi connectivity index (χ1v) is 7.34. The predicted octanol–water partition coefficient (Wildman–Crippen LogP) is 1.69. The maximum Gasteiger partial charge on any atom is 0.254 e. The van der Waals surface area contributed by atoms with Crippen LogP contribution in [-0.4, -0.2) is 60.1 Å². The lowest BCUT2D eigenvalue weighted by Crippen LogP contribution is -2.38. The molecule has 1 aromatic carbocycles. The fourth-order valence-corrected chi connectivity index (χ4v) is 2.87. The van der Waals surface area contributed by atoms with Gasteiger partial charge in [-0.1, -0.05) is 12.1 Å². The van der Waals surface area contributed by atoms with Gasteiger partial charge >= 0.3 is 0 Å². The lowest BCUT2D eigenvalue weighted by molar-refractivity contribution is 0.0764. The molecular weight excluding hydrogens is 280 g/mol. The van der Waals surface area contributed by atoms with E-state index < -0.39 is 6.10 Å². The minimum absolute atomic E-state index is 0.0165. The van der Waals surface area contributed by atoms with Crippen LogP contribution < -0.4 is 0 Å². The molecule has 0 saturated carbocycles. The molecule has 5 heteroatoms. The van der Waals surface area contributed by atoms with Crippen LogP contribution in [0.2, 0.25) is 0 Å². The monoisotopic (exact) mass is 300 g/mol. The number of carbonyl (C=O) groups excluding carboxylic acids is 1. The van der Waals surface area contributed by atoms with Crippen molar-refractivity contribution in [2.75, 3.05) is 27.2 Å². The number of β-amino-alcohol motifs (C(OH)–C–C–N with tert-alkyl or cyclic N) is 1. The molecule has 2 aromatic rings. The lowest BCUT2D eigenvalue weighted by Gasteiger charge is -2.21. The molecule has 1 amide bonds. The van der Waals surface area contributed by atoms with E-state index in [9.17, 15) is 9.90 Å². The highest BCUT2D eigenvalue weighted by atomic mass is 16.3. The number of furan rings is 1. The Morgan fingerprint density at radius 3 is 2.73 bits per heavy atom. The number of likely N-dealkylation sites (tertiary alicyclic amines) is 1. The fourth-order valence-electron chi connectivity index (χ4n) is 2.87. The summed E-state index contributed by atoms with van der Waals surface area (Å²) in [6.45, 7) is 0.907. The Balaban J connectivity index is 1.80. The summed E-state index contributed by atoms with van der Waals surface area (Å²) in [4.78, 5) is 16.3. The van der Waals surface area contributed by atoms with E-state index in [4.69, 9.17) is 4.42 Å². The summed E-state index contributed by atoms with van der Waals surface area (Å²) in [5, 5.41) is 10.1.